The predicted molar refractivity (Wildman–Crippen MR) is 73.3 cm³/mol. The number of alkyl halides is 3. The van der Waals surface area contributed by atoms with Crippen molar-refractivity contribution in [2.75, 3.05) is 18.0 Å². The Morgan fingerprint density at radius 3 is 2.43 bits per heavy atom. The maximum Gasteiger partial charge on any atom is 0.416 e. The summed E-state index contributed by atoms with van der Waals surface area (Å²) < 4.78 is 37.7. The number of anilines is 1. The van der Waals surface area contributed by atoms with Gasteiger partial charge in [0.25, 0.3) is 0 Å². The Hall–Kier alpha value is -1.72. The number of hydrogen-bond acceptors (Lipinski definition) is 2. The molecule has 1 fully saturated rings. The molecule has 1 unspecified atom stereocenters. The third kappa shape index (κ3) is 3.14. The van der Waals surface area contributed by atoms with Crippen LogP contribution in [0.5, 0.6) is 0 Å². The summed E-state index contributed by atoms with van der Waals surface area (Å²) in [5, 5.41) is 9.43. The summed E-state index contributed by atoms with van der Waals surface area (Å²) in [6.07, 6.45) is -2.51. The molecule has 3 nitrogen and oxygen atoms in total. The van der Waals surface area contributed by atoms with E-state index in [-0.39, 0.29) is 0 Å². The normalized spacial score (nSPS) is 23.1. The SMILES string of the molecule is CCC1(C(=O)O)CCCN(c2ccc(C(F)(F)F)cc2)C1. The summed E-state index contributed by atoms with van der Waals surface area (Å²) in [6, 6.07) is 4.91. The van der Waals surface area contributed by atoms with E-state index < -0.39 is 23.1 Å². The number of hydrogen-bond donors (Lipinski definition) is 1. The third-order valence-electron chi connectivity index (χ3n) is 4.27. The van der Waals surface area contributed by atoms with E-state index in [0.717, 1.165) is 18.6 Å². The van der Waals surface area contributed by atoms with Crippen LogP contribution in [0.25, 0.3) is 0 Å². The molecule has 0 radical (unpaired) electrons. The highest BCUT2D eigenvalue weighted by Gasteiger charge is 2.41. The van der Waals surface area contributed by atoms with Gasteiger partial charge in [-0.05, 0) is 43.5 Å². The largest absolute Gasteiger partial charge is 0.481 e. The number of carbonyl (C=O) groups is 1. The maximum atomic E-state index is 12.6. The number of rotatable bonds is 3. The smallest absolute Gasteiger partial charge is 0.416 e. The number of carboxylic acid groups (broad SMARTS) is 1. The highest BCUT2D eigenvalue weighted by molar-refractivity contribution is 5.76. The van der Waals surface area contributed by atoms with E-state index in [9.17, 15) is 23.1 Å². The van der Waals surface area contributed by atoms with Gasteiger partial charge in [0.2, 0.25) is 0 Å². The topological polar surface area (TPSA) is 40.5 Å². The highest BCUT2D eigenvalue weighted by Crippen LogP contribution is 2.37. The van der Waals surface area contributed by atoms with Gasteiger partial charge in [-0.3, -0.25) is 4.79 Å². The third-order valence-corrected chi connectivity index (χ3v) is 4.27. The van der Waals surface area contributed by atoms with Gasteiger partial charge in [0.1, 0.15) is 0 Å². The molecule has 0 saturated carbocycles. The second-order valence-electron chi connectivity index (χ2n) is 5.51. The van der Waals surface area contributed by atoms with Gasteiger partial charge in [0, 0.05) is 18.8 Å². The molecule has 1 aromatic rings. The van der Waals surface area contributed by atoms with Crippen molar-refractivity contribution in [3.63, 3.8) is 0 Å². The average molecular weight is 301 g/mol. The van der Waals surface area contributed by atoms with Crippen LogP contribution in [0, 0.1) is 5.41 Å². The molecule has 2 rings (SSSR count). The van der Waals surface area contributed by atoms with Crippen LogP contribution in [-0.2, 0) is 11.0 Å². The van der Waals surface area contributed by atoms with Crippen LogP contribution in [0.3, 0.4) is 0 Å². The second-order valence-corrected chi connectivity index (χ2v) is 5.51. The number of halogens is 3. The summed E-state index contributed by atoms with van der Waals surface area (Å²) in [7, 11) is 0. The first kappa shape index (κ1) is 15.7. The van der Waals surface area contributed by atoms with Crippen molar-refractivity contribution in [3.8, 4) is 0 Å². The molecular formula is C15H18F3NO2. The molecule has 116 valence electrons. The van der Waals surface area contributed by atoms with E-state index in [0.29, 0.717) is 31.6 Å². The molecule has 0 bridgehead atoms. The Morgan fingerprint density at radius 2 is 1.95 bits per heavy atom. The van der Waals surface area contributed by atoms with Crippen molar-refractivity contribution in [3.05, 3.63) is 29.8 Å². The standard InChI is InChI=1S/C15H18F3NO2/c1-2-14(13(20)21)8-3-9-19(10-14)12-6-4-11(5-7-12)15(16,17)18/h4-7H,2-3,8-10H2,1H3,(H,20,21). The molecule has 1 N–H and O–H groups in total. The van der Waals surface area contributed by atoms with Gasteiger partial charge in [-0.15, -0.1) is 0 Å². The van der Waals surface area contributed by atoms with E-state index in [1.165, 1.54) is 12.1 Å². The molecule has 1 aliphatic heterocycles. The maximum absolute atomic E-state index is 12.6. The summed E-state index contributed by atoms with van der Waals surface area (Å²) in [5.41, 5.74) is -0.856. The first-order chi connectivity index (χ1) is 9.78. The van der Waals surface area contributed by atoms with Crippen molar-refractivity contribution in [1.82, 2.24) is 0 Å². The van der Waals surface area contributed by atoms with Crippen molar-refractivity contribution in [2.24, 2.45) is 5.41 Å². The number of nitrogens with zero attached hydrogens (tertiary/aromatic N) is 1. The van der Waals surface area contributed by atoms with Crippen molar-refractivity contribution < 1.29 is 23.1 Å². The van der Waals surface area contributed by atoms with Crippen LogP contribution in [0.2, 0.25) is 0 Å². The fourth-order valence-electron chi connectivity index (χ4n) is 2.83. The monoisotopic (exact) mass is 301 g/mol. The van der Waals surface area contributed by atoms with Gasteiger partial charge >= 0.3 is 12.1 Å². The molecule has 0 amide bonds. The van der Waals surface area contributed by atoms with Crippen molar-refractivity contribution in [1.29, 1.82) is 0 Å². The van der Waals surface area contributed by atoms with E-state index in [1.54, 1.807) is 0 Å². The Bertz CT molecular complexity index is 513. The summed E-state index contributed by atoms with van der Waals surface area (Å²) in [6.45, 7) is 2.84. The summed E-state index contributed by atoms with van der Waals surface area (Å²) >= 11 is 0. The minimum atomic E-state index is -4.35. The minimum absolute atomic E-state index is 0.337. The molecule has 0 spiro atoms. The molecule has 6 heteroatoms. The summed E-state index contributed by atoms with van der Waals surface area (Å²) in [5.74, 6) is -0.832. The molecular weight excluding hydrogens is 283 g/mol. The lowest BCUT2D eigenvalue weighted by Gasteiger charge is -2.40. The Kier molecular flexibility index (Phi) is 4.16. The molecule has 1 aliphatic rings. The second kappa shape index (κ2) is 5.58. The van der Waals surface area contributed by atoms with Crippen LogP contribution in [0.1, 0.15) is 31.7 Å². The lowest BCUT2D eigenvalue weighted by molar-refractivity contribution is -0.149. The van der Waals surface area contributed by atoms with Crippen LogP contribution >= 0.6 is 0 Å². The van der Waals surface area contributed by atoms with Gasteiger partial charge in [-0.25, -0.2) is 0 Å². The predicted octanol–water partition coefficient (Wildman–Crippen LogP) is 3.79. The van der Waals surface area contributed by atoms with E-state index >= 15 is 0 Å². The Labute approximate surface area is 121 Å². The molecule has 1 aromatic carbocycles. The Balaban J connectivity index is 2.20. The zero-order valence-electron chi connectivity index (χ0n) is 11.8. The van der Waals surface area contributed by atoms with E-state index in [2.05, 4.69) is 0 Å². The van der Waals surface area contributed by atoms with Gasteiger partial charge in [0.15, 0.2) is 0 Å². The van der Waals surface area contributed by atoms with Crippen LogP contribution in [0.4, 0.5) is 18.9 Å². The van der Waals surface area contributed by atoms with Gasteiger partial charge in [-0.2, -0.15) is 13.2 Å². The van der Waals surface area contributed by atoms with E-state index in [4.69, 9.17) is 0 Å². The molecule has 21 heavy (non-hydrogen) atoms. The zero-order chi connectivity index (χ0) is 15.7. The van der Waals surface area contributed by atoms with Crippen molar-refractivity contribution in [2.45, 2.75) is 32.4 Å². The molecule has 1 saturated heterocycles. The average Bonchev–Trinajstić information content (AvgIpc) is 2.46. The number of aliphatic carboxylic acids is 1. The number of carboxylic acids is 1. The van der Waals surface area contributed by atoms with Crippen LogP contribution < -0.4 is 4.90 Å². The first-order valence-corrected chi connectivity index (χ1v) is 6.94. The van der Waals surface area contributed by atoms with Gasteiger partial charge in [-0.1, -0.05) is 6.92 Å². The molecule has 0 aliphatic carbocycles. The highest BCUT2D eigenvalue weighted by atomic mass is 19.4. The first-order valence-electron chi connectivity index (χ1n) is 6.94. The lowest BCUT2D eigenvalue weighted by Crippen LogP contribution is -2.47. The van der Waals surface area contributed by atoms with Crippen molar-refractivity contribution >= 4 is 11.7 Å². The van der Waals surface area contributed by atoms with Gasteiger partial charge < -0.3 is 10.0 Å². The van der Waals surface area contributed by atoms with E-state index in [1.807, 2.05) is 11.8 Å². The number of benzene rings is 1. The minimum Gasteiger partial charge on any atom is -0.481 e. The van der Waals surface area contributed by atoms with Gasteiger partial charge in [0.05, 0.1) is 11.0 Å². The zero-order valence-corrected chi connectivity index (χ0v) is 11.8. The molecule has 1 atom stereocenters. The van der Waals surface area contributed by atoms with Crippen LogP contribution in [0.15, 0.2) is 24.3 Å². The fraction of sp³-hybridized carbons (Fsp3) is 0.533. The van der Waals surface area contributed by atoms with Crippen LogP contribution in [-0.4, -0.2) is 24.2 Å². The summed E-state index contributed by atoms with van der Waals surface area (Å²) in [4.78, 5) is 13.4. The Morgan fingerprint density at radius 1 is 1.33 bits per heavy atom. The molecule has 0 aromatic heterocycles. The molecule has 1 heterocycles. The number of piperidine rings is 1. The quantitative estimate of drug-likeness (QED) is 0.923. The lowest BCUT2D eigenvalue weighted by atomic mass is 9.77. The fourth-order valence-corrected chi connectivity index (χ4v) is 2.83.